The van der Waals surface area contributed by atoms with Gasteiger partial charge in [0.05, 0.1) is 5.41 Å². The molecule has 6 nitrogen and oxygen atoms in total. The third-order valence-electron chi connectivity index (χ3n) is 8.97. The monoisotopic (exact) mass is 522 g/mol. The maximum atomic E-state index is 13.3. The van der Waals surface area contributed by atoms with Crippen LogP contribution in [0.3, 0.4) is 0 Å². The highest BCUT2D eigenvalue weighted by atomic mass is 32.1. The number of amides is 1. The summed E-state index contributed by atoms with van der Waals surface area (Å²) in [5.74, 6) is 2.15. The molecule has 1 aromatic heterocycles. The van der Waals surface area contributed by atoms with E-state index >= 15 is 0 Å². The lowest BCUT2D eigenvalue weighted by Gasteiger charge is -2.50. The summed E-state index contributed by atoms with van der Waals surface area (Å²) in [5.41, 5.74) is 1.79. The molecule has 0 spiro atoms. The molecule has 5 rings (SSSR count). The van der Waals surface area contributed by atoms with Crippen LogP contribution >= 0.6 is 11.3 Å². The Morgan fingerprint density at radius 3 is 2.73 bits per heavy atom. The lowest BCUT2D eigenvalue weighted by atomic mass is 9.54. The Morgan fingerprint density at radius 1 is 1.24 bits per heavy atom. The topological polar surface area (TPSA) is 85.4 Å². The average Bonchev–Trinajstić information content (AvgIpc) is 3.36. The first-order valence-electron chi connectivity index (χ1n) is 13.6. The van der Waals surface area contributed by atoms with Gasteiger partial charge in [-0.2, -0.15) is 0 Å². The summed E-state index contributed by atoms with van der Waals surface area (Å²) in [6.45, 7) is 9.74. The van der Waals surface area contributed by atoms with E-state index in [1.165, 1.54) is 22.5 Å². The highest BCUT2D eigenvalue weighted by Gasteiger charge is 2.58. The van der Waals surface area contributed by atoms with Gasteiger partial charge in [0.25, 0.3) is 0 Å². The fraction of sp³-hybridized carbons (Fsp3) is 0.600. The molecule has 7 heteroatoms. The van der Waals surface area contributed by atoms with E-state index in [0.29, 0.717) is 47.3 Å². The zero-order valence-corrected chi connectivity index (χ0v) is 23.4. The van der Waals surface area contributed by atoms with Gasteiger partial charge < -0.3 is 10.1 Å². The highest BCUT2D eigenvalue weighted by Crippen LogP contribution is 2.62. The number of nitrogens with one attached hydrogen (secondary N) is 1. The average molecular weight is 523 g/mol. The van der Waals surface area contributed by atoms with Gasteiger partial charge in [-0.25, -0.2) is 4.98 Å². The minimum Gasteiger partial charge on any atom is -0.426 e. The number of benzene rings is 1. The van der Waals surface area contributed by atoms with Gasteiger partial charge in [-0.1, -0.05) is 13.0 Å². The molecule has 2 saturated carbocycles. The Kier molecular flexibility index (Phi) is 6.80. The molecular formula is C30H38N2O4S. The second-order valence-corrected chi connectivity index (χ2v) is 13.8. The van der Waals surface area contributed by atoms with E-state index in [0.717, 1.165) is 37.0 Å². The van der Waals surface area contributed by atoms with Gasteiger partial charge in [0.1, 0.15) is 11.5 Å². The van der Waals surface area contributed by atoms with E-state index in [1.807, 2.05) is 39.8 Å². The molecule has 1 heterocycles. The number of esters is 1. The SMILES string of the molecule is Cc1cnc(NC(=O)CC[C@@H]2CC(=O)[C@@]3(C)CCC4c5ccc(OC(=O)C(C)(C)C)cc5CCC4C23)s1. The Morgan fingerprint density at radius 2 is 2.03 bits per heavy atom. The number of fused-ring (bicyclic) bond motifs is 5. The van der Waals surface area contributed by atoms with Crippen molar-refractivity contribution in [2.75, 3.05) is 5.32 Å². The molecule has 2 fully saturated rings. The molecule has 0 aliphatic heterocycles. The van der Waals surface area contributed by atoms with Crippen molar-refractivity contribution < 1.29 is 19.1 Å². The number of ketones is 1. The molecule has 0 bridgehead atoms. The molecule has 3 aliphatic carbocycles. The number of anilines is 1. The maximum Gasteiger partial charge on any atom is 0.316 e. The number of carbonyl (C=O) groups is 3. The number of carbonyl (C=O) groups excluding carboxylic acids is 3. The second-order valence-electron chi connectivity index (χ2n) is 12.5. The van der Waals surface area contributed by atoms with E-state index in [-0.39, 0.29) is 23.2 Å². The van der Waals surface area contributed by atoms with Crippen molar-refractivity contribution in [1.29, 1.82) is 0 Å². The van der Waals surface area contributed by atoms with Gasteiger partial charge in [-0.05, 0) is 107 Å². The maximum absolute atomic E-state index is 13.3. The number of rotatable bonds is 5. The Bertz CT molecular complexity index is 1230. The summed E-state index contributed by atoms with van der Waals surface area (Å²) in [5, 5.41) is 3.57. The number of aromatic nitrogens is 1. The fourth-order valence-electron chi connectivity index (χ4n) is 7.12. The smallest absolute Gasteiger partial charge is 0.316 e. The van der Waals surface area contributed by atoms with E-state index in [1.54, 1.807) is 6.20 Å². The lowest BCUT2D eigenvalue weighted by Crippen LogP contribution is -2.44. The van der Waals surface area contributed by atoms with E-state index in [2.05, 4.69) is 23.3 Å². The molecule has 1 amide bonds. The molecule has 3 aliphatic rings. The van der Waals surface area contributed by atoms with Crippen molar-refractivity contribution in [3.8, 4) is 5.75 Å². The first-order chi connectivity index (χ1) is 17.5. The number of aryl methyl sites for hydroxylation is 2. The molecule has 2 aromatic rings. The molecule has 1 N–H and O–H groups in total. The van der Waals surface area contributed by atoms with Gasteiger partial charge in [0.2, 0.25) is 5.91 Å². The summed E-state index contributed by atoms with van der Waals surface area (Å²) >= 11 is 1.48. The Hall–Kier alpha value is -2.54. The highest BCUT2D eigenvalue weighted by molar-refractivity contribution is 7.15. The van der Waals surface area contributed by atoms with Crippen molar-refractivity contribution in [2.45, 2.75) is 85.5 Å². The fourth-order valence-corrected chi connectivity index (χ4v) is 7.80. The van der Waals surface area contributed by atoms with Crippen LogP contribution < -0.4 is 10.1 Å². The van der Waals surface area contributed by atoms with E-state index < -0.39 is 5.41 Å². The van der Waals surface area contributed by atoms with Gasteiger partial charge in [-0.3, -0.25) is 14.4 Å². The minimum absolute atomic E-state index is 0.0194. The summed E-state index contributed by atoms with van der Waals surface area (Å²) in [6.07, 6.45) is 7.37. The van der Waals surface area contributed by atoms with Gasteiger partial charge >= 0.3 is 5.97 Å². The van der Waals surface area contributed by atoms with Crippen LogP contribution in [0.25, 0.3) is 0 Å². The third kappa shape index (κ3) is 4.99. The van der Waals surface area contributed by atoms with Crippen LogP contribution in [0.1, 0.15) is 88.1 Å². The van der Waals surface area contributed by atoms with Gasteiger partial charge in [0.15, 0.2) is 5.13 Å². The number of hydrogen-bond acceptors (Lipinski definition) is 6. The standard InChI is InChI=1S/C30H38N2O4S/c1-17-16-31-28(37-17)32-25(34)11-7-19-15-24(33)30(5)13-12-22-21-10-8-20(36-27(35)29(2,3)4)14-18(21)6-9-23(22)26(19)30/h8,10,14,16,19,22-23,26H,6-7,9,11-13,15H2,1-5H3,(H,31,32,34)/t19-,22?,23?,26?,30-/m1/s1. The zero-order valence-electron chi connectivity index (χ0n) is 22.6. The van der Waals surface area contributed by atoms with Crippen LogP contribution in [-0.4, -0.2) is 22.6 Å². The quantitative estimate of drug-likeness (QED) is 0.359. The molecule has 5 atom stereocenters. The van der Waals surface area contributed by atoms with Crippen molar-refractivity contribution in [3.05, 3.63) is 40.4 Å². The molecule has 0 radical (unpaired) electrons. The van der Waals surface area contributed by atoms with Crippen LogP contribution in [0.2, 0.25) is 0 Å². The minimum atomic E-state index is -0.547. The van der Waals surface area contributed by atoms with E-state index in [4.69, 9.17) is 4.74 Å². The van der Waals surface area contributed by atoms with Gasteiger partial charge in [-0.15, -0.1) is 11.3 Å². The molecule has 198 valence electrons. The second kappa shape index (κ2) is 9.64. The Balaban J connectivity index is 1.31. The molecule has 37 heavy (non-hydrogen) atoms. The third-order valence-corrected chi connectivity index (χ3v) is 9.80. The van der Waals surface area contributed by atoms with Crippen LogP contribution in [-0.2, 0) is 20.8 Å². The molecule has 1 aromatic carbocycles. The first-order valence-corrected chi connectivity index (χ1v) is 14.4. The molecule has 0 saturated heterocycles. The zero-order chi connectivity index (χ0) is 26.5. The van der Waals surface area contributed by atoms with Crippen LogP contribution in [0, 0.1) is 35.5 Å². The summed E-state index contributed by atoms with van der Waals surface area (Å²) < 4.78 is 5.67. The summed E-state index contributed by atoms with van der Waals surface area (Å²) in [6, 6.07) is 6.13. The van der Waals surface area contributed by atoms with Crippen LogP contribution in [0.15, 0.2) is 24.4 Å². The summed E-state index contributed by atoms with van der Waals surface area (Å²) in [7, 11) is 0. The van der Waals surface area contributed by atoms with E-state index in [9.17, 15) is 14.4 Å². The van der Waals surface area contributed by atoms with Gasteiger partial charge in [0, 0.05) is 29.3 Å². The predicted octanol–water partition coefficient (Wildman–Crippen LogP) is 6.47. The van der Waals surface area contributed by atoms with Crippen molar-refractivity contribution in [1.82, 2.24) is 4.98 Å². The van der Waals surface area contributed by atoms with Crippen molar-refractivity contribution in [3.63, 3.8) is 0 Å². The lowest BCUT2D eigenvalue weighted by molar-refractivity contribution is -0.143. The molecule has 3 unspecified atom stereocenters. The number of nitrogens with zero attached hydrogens (tertiary/aromatic N) is 1. The Labute approximate surface area is 223 Å². The predicted molar refractivity (Wildman–Crippen MR) is 145 cm³/mol. The summed E-state index contributed by atoms with van der Waals surface area (Å²) in [4.78, 5) is 43.6. The normalized spacial score (nSPS) is 28.7. The number of hydrogen-bond donors (Lipinski definition) is 1. The number of Topliss-reactive ketones (excluding diaryl/α,β-unsaturated/α-hetero) is 1. The number of ether oxygens (including phenoxy) is 1. The largest absolute Gasteiger partial charge is 0.426 e. The van der Waals surface area contributed by atoms with Crippen LogP contribution in [0.5, 0.6) is 5.75 Å². The van der Waals surface area contributed by atoms with Crippen molar-refractivity contribution >= 4 is 34.1 Å². The first kappa shape index (κ1) is 26.1. The number of thiazole rings is 1. The van der Waals surface area contributed by atoms with Crippen LogP contribution in [0.4, 0.5) is 5.13 Å². The van der Waals surface area contributed by atoms with Crippen molar-refractivity contribution in [2.24, 2.45) is 28.6 Å². The molecular weight excluding hydrogens is 484 g/mol.